The highest BCUT2D eigenvalue weighted by atomic mass is 16.5. The summed E-state index contributed by atoms with van der Waals surface area (Å²) in [6.07, 6.45) is 11.3. The first-order valence-electron chi connectivity index (χ1n) is 8.02. The lowest BCUT2D eigenvalue weighted by Crippen LogP contribution is -2.48. The predicted molar refractivity (Wildman–Crippen MR) is 74.3 cm³/mol. The Bertz CT molecular complexity index is 254. The number of ether oxygens (including phenoxy) is 1. The molecule has 0 aromatic carbocycles. The third kappa shape index (κ3) is 2.60. The summed E-state index contributed by atoms with van der Waals surface area (Å²) in [5.74, 6) is 3.13. The van der Waals surface area contributed by atoms with Gasteiger partial charge in [0.05, 0.1) is 6.61 Å². The largest absolute Gasteiger partial charge is 0.380 e. The van der Waals surface area contributed by atoms with E-state index in [-0.39, 0.29) is 6.04 Å². The number of hydrogen-bond acceptors (Lipinski definition) is 2. The Morgan fingerprint density at radius 1 is 1.11 bits per heavy atom. The molecule has 2 heteroatoms. The summed E-state index contributed by atoms with van der Waals surface area (Å²) in [4.78, 5) is 0. The number of hydrogen-bond donors (Lipinski definition) is 1. The van der Waals surface area contributed by atoms with E-state index in [4.69, 9.17) is 10.5 Å². The molecule has 0 aromatic rings. The Balaban J connectivity index is 1.55. The predicted octanol–water partition coefficient (Wildman–Crippen LogP) is 3.35. The monoisotopic (exact) mass is 251 g/mol. The summed E-state index contributed by atoms with van der Waals surface area (Å²) in [6, 6.07) is 0.271. The van der Waals surface area contributed by atoms with E-state index in [1.54, 1.807) is 0 Å². The Labute approximate surface area is 112 Å². The highest BCUT2D eigenvalue weighted by Crippen LogP contribution is 2.61. The van der Waals surface area contributed by atoms with Gasteiger partial charge in [-0.15, -0.1) is 0 Å². The van der Waals surface area contributed by atoms with Crippen LogP contribution in [-0.2, 0) is 4.74 Å². The van der Waals surface area contributed by atoms with E-state index >= 15 is 0 Å². The van der Waals surface area contributed by atoms with E-state index in [0.29, 0.717) is 5.41 Å². The van der Waals surface area contributed by atoms with Gasteiger partial charge in [0.15, 0.2) is 0 Å². The minimum absolute atomic E-state index is 0.271. The van der Waals surface area contributed by atoms with Gasteiger partial charge in [-0.05, 0) is 74.5 Å². The van der Waals surface area contributed by atoms with Crippen LogP contribution in [0.1, 0.15) is 58.3 Å². The van der Waals surface area contributed by atoms with Crippen LogP contribution in [0.15, 0.2) is 0 Å². The maximum atomic E-state index is 6.31. The summed E-state index contributed by atoms with van der Waals surface area (Å²) in [6.45, 7) is 3.80. The fraction of sp³-hybridized carbons (Fsp3) is 1.00. The molecule has 1 unspecified atom stereocenters. The van der Waals surface area contributed by atoms with Crippen molar-refractivity contribution >= 4 is 0 Å². The van der Waals surface area contributed by atoms with Gasteiger partial charge < -0.3 is 10.5 Å². The molecule has 0 spiro atoms. The lowest BCUT2D eigenvalue weighted by atomic mass is 9.48. The molecule has 2 nitrogen and oxygen atoms in total. The molecule has 4 bridgehead atoms. The van der Waals surface area contributed by atoms with Gasteiger partial charge in [-0.1, -0.05) is 6.92 Å². The van der Waals surface area contributed by atoms with E-state index in [2.05, 4.69) is 6.92 Å². The van der Waals surface area contributed by atoms with Gasteiger partial charge in [-0.25, -0.2) is 0 Å². The van der Waals surface area contributed by atoms with Gasteiger partial charge in [0, 0.05) is 12.6 Å². The molecule has 4 aliphatic carbocycles. The SMILES string of the molecule is CCCOCC(N)CC12CC3CC(CC(C3)C1)C2. The van der Waals surface area contributed by atoms with E-state index in [0.717, 1.165) is 37.4 Å². The summed E-state index contributed by atoms with van der Waals surface area (Å²) in [5, 5.41) is 0. The van der Waals surface area contributed by atoms with Crippen LogP contribution < -0.4 is 5.73 Å². The Kier molecular flexibility index (Phi) is 3.68. The first-order chi connectivity index (χ1) is 8.69. The molecule has 4 saturated carbocycles. The lowest BCUT2D eigenvalue weighted by Gasteiger charge is -2.57. The maximum absolute atomic E-state index is 6.31. The second-order valence-electron chi connectivity index (χ2n) is 7.46. The second kappa shape index (κ2) is 5.13. The zero-order chi connectivity index (χ0) is 12.6. The van der Waals surface area contributed by atoms with Crippen LogP contribution in [0.25, 0.3) is 0 Å². The van der Waals surface area contributed by atoms with Crippen molar-refractivity contribution in [3.05, 3.63) is 0 Å². The molecular weight excluding hydrogens is 222 g/mol. The molecule has 104 valence electrons. The molecule has 2 N–H and O–H groups in total. The molecule has 0 heterocycles. The smallest absolute Gasteiger partial charge is 0.0617 e. The van der Waals surface area contributed by atoms with Crippen LogP contribution in [0.4, 0.5) is 0 Å². The maximum Gasteiger partial charge on any atom is 0.0617 e. The molecule has 0 aromatic heterocycles. The van der Waals surface area contributed by atoms with E-state index in [9.17, 15) is 0 Å². The van der Waals surface area contributed by atoms with Crippen LogP contribution in [0.3, 0.4) is 0 Å². The van der Waals surface area contributed by atoms with E-state index in [1.807, 2.05) is 0 Å². The van der Waals surface area contributed by atoms with Crippen molar-refractivity contribution in [3.63, 3.8) is 0 Å². The fourth-order valence-corrected chi connectivity index (χ4v) is 5.53. The molecule has 0 radical (unpaired) electrons. The third-order valence-corrected chi connectivity index (χ3v) is 5.54. The van der Waals surface area contributed by atoms with E-state index in [1.165, 1.54) is 44.9 Å². The Hall–Kier alpha value is -0.0800. The van der Waals surface area contributed by atoms with Gasteiger partial charge in [0.1, 0.15) is 0 Å². The molecule has 4 rings (SSSR count). The van der Waals surface area contributed by atoms with Crippen molar-refractivity contribution in [1.82, 2.24) is 0 Å². The van der Waals surface area contributed by atoms with Gasteiger partial charge >= 0.3 is 0 Å². The minimum Gasteiger partial charge on any atom is -0.380 e. The Morgan fingerprint density at radius 3 is 2.17 bits per heavy atom. The third-order valence-electron chi connectivity index (χ3n) is 5.54. The van der Waals surface area contributed by atoms with Crippen molar-refractivity contribution in [3.8, 4) is 0 Å². The first-order valence-corrected chi connectivity index (χ1v) is 8.02. The fourth-order valence-electron chi connectivity index (χ4n) is 5.53. The van der Waals surface area contributed by atoms with Gasteiger partial charge in [-0.2, -0.15) is 0 Å². The summed E-state index contributed by atoms with van der Waals surface area (Å²) >= 11 is 0. The van der Waals surface area contributed by atoms with Crippen molar-refractivity contribution in [2.75, 3.05) is 13.2 Å². The molecule has 18 heavy (non-hydrogen) atoms. The lowest BCUT2D eigenvalue weighted by molar-refractivity contribution is -0.0640. The summed E-state index contributed by atoms with van der Waals surface area (Å²) < 4.78 is 5.63. The standard InChI is InChI=1S/C16H29NO/c1-2-3-18-11-15(17)10-16-7-12-4-13(8-16)6-14(5-12)9-16/h12-15H,2-11,17H2,1H3. The molecular formula is C16H29NO. The molecule has 0 amide bonds. The van der Waals surface area contributed by atoms with Crippen molar-refractivity contribution in [2.45, 2.75) is 64.3 Å². The minimum atomic E-state index is 0.271. The van der Waals surface area contributed by atoms with Crippen LogP contribution in [0.5, 0.6) is 0 Å². The highest BCUT2D eigenvalue weighted by Gasteiger charge is 2.50. The van der Waals surface area contributed by atoms with Crippen LogP contribution >= 0.6 is 0 Å². The topological polar surface area (TPSA) is 35.2 Å². The van der Waals surface area contributed by atoms with Gasteiger partial charge in [0.2, 0.25) is 0 Å². The molecule has 4 aliphatic rings. The highest BCUT2D eigenvalue weighted by molar-refractivity contribution is 5.02. The van der Waals surface area contributed by atoms with Gasteiger partial charge in [0.25, 0.3) is 0 Å². The van der Waals surface area contributed by atoms with Gasteiger partial charge in [-0.3, -0.25) is 0 Å². The zero-order valence-electron chi connectivity index (χ0n) is 11.9. The average Bonchev–Trinajstić information content (AvgIpc) is 2.26. The van der Waals surface area contributed by atoms with Crippen molar-refractivity contribution in [2.24, 2.45) is 28.9 Å². The van der Waals surface area contributed by atoms with Crippen molar-refractivity contribution in [1.29, 1.82) is 0 Å². The average molecular weight is 251 g/mol. The van der Waals surface area contributed by atoms with Crippen molar-refractivity contribution < 1.29 is 4.74 Å². The van der Waals surface area contributed by atoms with Crippen LogP contribution in [0, 0.1) is 23.2 Å². The molecule has 0 aliphatic heterocycles. The van der Waals surface area contributed by atoms with Crippen LogP contribution in [0.2, 0.25) is 0 Å². The summed E-state index contributed by atoms with van der Waals surface area (Å²) in [7, 11) is 0. The van der Waals surface area contributed by atoms with E-state index < -0.39 is 0 Å². The molecule has 1 atom stereocenters. The zero-order valence-corrected chi connectivity index (χ0v) is 11.9. The molecule has 0 saturated heterocycles. The van der Waals surface area contributed by atoms with Crippen LogP contribution in [-0.4, -0.2) is 19.3 Å². The Morgan fingerprint density at radius 2 is 1.67 bits per heavy atom. The second-order valence-corrected chi connectivity index (χ2v) is 7.46. The summed E-state index contributed by atoms with van der Waals surface area (Å²) in [5.41, 5.74) is 6.93. The number of nitrogens with two attached hydrogens (primary N) is 1. The normalized spacial score (nSPS) is 43.3. The first kappa shape index (κ1) is 12.9. The molecule has 4 fully saturated rings. The number of rotatable bonds is 6. The quantitative estimate of drug-likeness (QED) is 0.735.